The van der Waals surface area contributed by atoms with Crippen molar-refractivity contribution in [3.8, 4) is 0 Å². The largest absolute Gasteiger partial charge is 0.436 e. The second-order valence-electron chi connectivity index (χ2n) is 7.28. The van der Waals surface area contributed by atoms with Gasteiger partial charge >= 0.3 is 0 Å². The summed E-state index contributed by atoms with van der Waals surface area (Å²) >= 11 is 0. The molecule has 1 amide bonds. The number of benzene rings is 1. The van der Waals surface area contributed by atoms with Gasteiger partial charge in [-0.2, -0.15) is 0 Å². The highest BCUT2D eigenvalue weighted by atomic mass is 16.4. The van der Waals surface area contributed by atoms with Crippen LogP contribution >= 0.6 is 0 Å². The molecule has 1 saturated heterocycles. The molecule has 1 aromatic heterocycles. The van der Waals surface area contributed by atoms with E-state index in [9.17, 15) is 4.79 Å². The summed E-state index contributed by atoms with van der Waals surface area (Å²) in [6.07, 6.45) is 0. The second kappa shape index (κ2) is 7.40. The molecule has 1 fully saturated rings. The number of oxazole rings is 1. The number of nitrogens with zero attached hydrogens (tertiary/aromatic N) is 2. The zero-order valence-electron chi connectivity index (χ0n) is 15.5. The van der Waals surface area contributed by atoms with Gasteiger partial charge in [0.25, 0.3) is 5.91 Å². The molecule has 1 aliphatic heterocycles. The van der Waals surface area contributed by atoms with Gasteiger partial charge in [-0.15, -0.1) is 0 Å². The molecule has 1 aliphatic rings. The predicted octanol–water partition coefficient (Wildman–Crippen LogP) is 3.18. The van der Waals surface area contributed by atoms with Gasteiger partial charge in [-0.05, 0) is 24.3 Å². The van der Waals surface area contributed by atoms with Crippen LogP contribution in [0, 0.1) is 25.7 Å². The molecule has 1 N–H and O–H groups in total. The monoisotopic (exact) mass is 341 g/mol. The van der Waals surface area contributed by atoms with Crippen LogP contribution in [-0.2, 0) is 6.54 Å². The van der Waals surface area contributed by atoms with Crippen LogP contribution in [0.2, 0.25) is 0 Å². The third-order valence-electron chi connectivity index (χ3n) is 4.97. The molecule has 3 rings (SSSR count). The van der Waals surface area contributed by atoms with Crippen molar-refractivity contribution in [2.45, 2.75) is 40.3 Å². The van der Waals surface area contributed by atoms with E-state index in [1.807, 2.05) is 6.07 Å². The lowest BCUT2D eigenvalue weighted by Gasteiger charge is -2.41. The lowest BCUT2D eigenvalue weighted by atomic mass is 9.85. The molecule has 0 spiro atoms. The Bertz CT molecular complexity index is 714. The van der Waals surface area contributed by atoms with Crippen LogP contribution in [0.4, 0.5) is 0 Å². The Morgan fingerprint density at radius 2 is 1.84 bits per heavy atom. The molecule has 2 unspecified atom stereocenters. The van der Waals surface area contributed by atoms with E-state index in [1.165, 1.54) is 5.56 Å². The van der Waals surface area contributed by atoms with E-state index in [-0.39, 0.29) is 11.9 Å². The maximum atomic E-state index is 12.6. The third kappa shape index (κ3) is 4.10. The molecule has 2 atom stereocenters. The molecule has 0 bridgehead atoms. The minimum absolute atomic E-state index is 0.143. The van der Waals surface area contributed by atoms with Crippen LogP contribution in [0.5, 0.6) is 0 Å². The third-order valence-corrected chi connectivity index (χ3v) is 4.97. The van der Waals surface area contributed by atoms with Crippen LogP contribution in [0.15, 0.2) is 34.7 Å². The summed E-state index contributed by atoms with van der Waals surface area (Å²) < 4.78 is 5.45. The van der Waals surface area contributed by atoms with Crippen LogP contribution in [0.1, 0.15) is 41.6 Å². The summed E-state index contributed by atoms with van der Waals surface area (Å²) in [5.74, 6) is 1.46. The normalized spacial score (nSPS) is 24.2. The van der Waals surface area contributed by atoms with Crippen molar-refractivity contribution in [2.24, 2.45) is 11.8 Å². The number of carbonyl (C=O) groups is 1. The molecule has 0 radical (unpaired) electrons. The van der Waals surface area contributed by atoms with E-state index in [0.29, 0.717) is 29.2 Å². The predicted molar refractivity (Wildman–Crippen MR) is 97.3 cm³/mol. The lowest BCUT2D eigenvalue weighted by molar-refractivity contribution is 0.0711. The fraction of sp³-hybridized carbons (Fsp3) is 0.500. The molecule has 25 heavy (non-hydrogen) atoms. The molecular weight excluding hydrogens is 314 g/mol. The number of carbonyl (C=O) groups excluding carboxylic acids is 1. The average molecular weight is 341 g/mol. The van der Waals surface area contributed by atoms with Crippen molar-refractivity contribution >= 4 is 5.91 Å². The Morgan fingerprint density at radius 1 is 1.20 bits per heavy atom. The van der Waals surface area contributed by atoms with Gasteiger partial charge < -0.3 is 9.73 Å². The van der Waals surface area contributed by atoms with Crippen molar-refractivity contribution in [1.29, 1.82) is 0 Å². The number of hydrogen-bond acceptors (Lipinski definition) is 4. The number of nitrogens with one attached hydrogen (secondary N) is 1. The molecule has 2 aromatic rings. The number of aryl methyl sites for hydroxylation is 2. The minimum Gasteiger partial charge on any atom is -0.436 e. The number of aromatic nitrogens is 1. The van der Waals surface area contributed by atoms with Crippen LogP contribution < -0.4 is 5.32 Å². The first-order valence-corrected chi connectivity index (χ1v) is 8.95. The first kappa shape index (κ1) is 17.7. The number of rotatable bonds is 4. The molecule has 5 nitrogen and oxygen atoms in total. The van der Waals surface area contributed by atoms with Crippen molar-refractivity contribution < 1.29 is 9.21 Å². The van der Waals surface area contributed by atoms with Gasteiger partial charge in [0.2, 0.25) is 5.76 Å². The van der Waals surface area contributed by atoms with Crippen LogP contribution in [0.3, 0.4) is 0 Å². The van der Waals surface area contributed by atoms with Crippen LogP contribution in [0.25, 0.3) is 0 Å². The first-order chi connectivity index (χ1) is 11.9. The smallest absolute Gasteiger partial charge is 0.289 e. The molecule has 0 saturated carbocycles. The van der Waals surface area contributed by atoms with Gasteiger partial charge in [0, 0.05) is 32.6 Å². The molecule has 134 valence electrons. The van der Waals surface area contributed by atoms with Gasteiger partial charge in [0.05, 0.1) is 5.69 Å². The van der Waals surface area contributed by atoms with Crippen molar-refractivity contribution in [3.63, 3.8) is 0 Å². The topological polar surface area (TPSA) is 58.4 Å². The summed E-state index contributed by atoms with van der Waals surface area (Å²) in [6, 6.07) is 10.7. The van der Waals surface area contributed by atoms with E-state index in [0.717, 1.165) is 19.6 Å². The lowest BCUT2D eigenvalue weighted by Crippen LogP contribution is -2.54. The SMILES string of the molecule is Cc1nc(C)c(C(=O)NC2C(C)CN(Cc3ccccc3)CC2C)o1. The van der Waals surface area contributed by atoms with Crippen molar-refractivity contribution in [2.75, 3.05) is 13.1 Å². The number of hydrogen-bond donors (Lipinski definition) is 1. The fourth-order valence-electron chi connectivity index (χ4n) is 3.89. The summed E-state index contributed by atoms with van der Waals surface area (Å²) in [4.78, 5) is 19.2. The second-order valence-corrected chi connectivity index (χ2v) is 7.28. The molecule has 5 heteroatoms. The maximum Gasteiger partial charge on any atom is 0.289 e. The Hall–Kier alpha value is -2.14. The average Bonchev–Trinajstić information content (AvgIpc) is 2.90. The van der Waals surface area contributed by atoms with Crippen molar-refractivity contribution in [1.82, 2.24) is 15.2 Å². The van der Waals surface area contributed by atoms with Crippen molar-refractivity contribution in [3.05, 3.63) is 53.2 Å². The zero-order chi connectivity index (χ0) is 18.0. The Labute approximate surface area is 149 Å². The number of piperidine rings is 1. The first-order valence-electron chi connectivity index (χ1n) is 8.95. The van der Waals surface area contributed by atoms with E-state index < -0.39 is 0 Å². The van der Waals surface area contributed by atoms with E-state index >= 15 is 0 Å². The Morgan fingerprint density at radius 3 is 2.40 bits per heavy atom. The van der Waals surface area contributed by atoms with E-state index in [4.69, 9.17) is 4.42 Å². The zero-order valence-corrected chi connectivity index (χ0v) is 15.5. The summed E-state index contributed by atoms with van der Waals surface area (Å²) in [5, 5.41) is 3.17. The summed E-state index contributed by atoms with van der Waals surface area (Å²) in [6.45, 7) is 10.9. The van der Waals surface area contributed by atoms with Gasteiger partial charge in [-0.25, -0.2) is 4.98 Å². The Kier molecular flexibility index (Phi) is 5.23. The van der Waals surface area contributed by atoms with Gasteiger partial charge in [0.15, 0.2) is 5.89 Å². The summed E-state index contributed by atoms with van der Waals surface area (Å²) in [5.41, 5.74) is 1.98. The van der Waals surface area contributed by atoms with Gasteiger partial charge in [0.1, 0.15) is 0 Å². The highest BCUT2D eigenvalue weighted by molar-refractivity contribution is 5.92. The fourth-order valence-corrected chi connectivity index (χ4v) is 3.89. The molecule has 2 heterocycles. The number of amides is 1. The highest BCUT2D eigenvalue weighted by Gasteiger charge is 2.34. The standard InChI is InChI=1S/C20H27N3O2/c1-13-10-23(12-17-8-6-5-7-9-17)11-14(2)18(13)22-20(24)19-15(3)21-16(4)25-19/h5-9,13-14,18H,10-12H2,1-4H3,(H,22,24). The van der Waals surface area contributed by atoms with E-state index in [1.54, 1.807) is 13.8 Å². The highest BCUT2D eigenvalue weighted by Crippen LogP contribution is 2.24. The quantitative estimate of drug-likeness (QED) is 0.928. The molecular formula is C20H27N3O2. The minimum atomic E-state index is -0.154. The maximum absolute atomic E-state index is 12.6. The Balaban J connectivity index is 1.62. The summed E-state index contributed by atoms with van der Waals surface area (Å²) in [7, 11) is 0. The number of likely N-dealkylation sites (tertiary alicyclic amines) is 1. The van der Waals surface area contributed by atoms with E-state index in [2.05, 4.69) is 53.3 Å². The molecule has 0 aliphatic carbocycles. The van der Waals surface area contributed by atoms with Crippen LogP contribution in [-0.4, -0.2) is 34.9 Å². The molecule has 1 aromatic carbocycles. The van der Waals surface area contributed by atoms with Gasteiger partial charge in [-0.1, -0.05) is 44.2 Å². The van der Waals surface area contributed by atoms with Gasteiger partial charge in [-0.3, -0.25) is 9.69 Å².